The first-order valence-electron chi connectivity index (χ1n) is 5.40. The summed E-state index contributed by atoms with van der Waals surface area (Å²) >= 11 is 1.33. The van der Waals surface area contributed by atoms with E-state index in [1.54, 1.807) is 12.1 Å². The fourth-order valence-electron chi connectivity index (χ4n) is 2.00. The molecular weight excluding hydrogens is 260 g/mol. The molecule has 2 atom stereocenters. The van der Waals surface area contributed by atoms with Gasteiger partial charge in [-0.3, -0.25) is 0 Å². The molecule has 1 aliphatic carbocycles. The van der Waals surface area contributed by atoms with E-state index in [0.29, 0.717) is 24.1 Å². The van der Waals surface area contributed by atoms with E-state index in [1.807, 2.05) is 5.38 Å². The average Bonchev–Trinajstić information content (AvgIpc) is 2.85. The molecule has 1 saturated carbocycles. The molecule has 0 aromatic carbocycles. The third-order valence-electron chi connectivity index (χ3n) is 2.94. The van der Waals surface area contributed by atoms with Gasteiger partial charge in [-0.1, -0.05) is 6.07 Å². The first-order chi connectivity index (χ1) is 7.97. The molecule has 1 aliphatic rings. The van der Waals surface area contributed by atoms with Crippen molar-refractivity contribution in [3.63, 3.8) is 0 Å². The SMILES string of the molecule is CS(=O)(=O)[C@@H]1CC[C@@H](OC(=O)c2cccs2)C1. The highest BCUT2D eigenvalue weighted by atomic mass is 32.2. The fourth-order valence-corrected chi connectivity index (χ4v) is 3.73. The number of carbonyl (C=O) groups excluding carboxylic acids is 1. The van der Waals surface area contributed by atoms with Crippen molar-refractivity contribution >= 4 is 27.1 Å². The first-order valence-corrected chi connectivity index (χ1v) is 8.23. The summed E-state index contributed by atoms with van der Waals surface area (Å²) in [6.45, 7) is 0. The first kappa shape index (κ1) is 12.6. The summed E-state index contributed by atoms with van der Waals surface area (Å²) in [6, 6.07) is 3.49. The third kappa shape index (κ3) is 3.07. The topological polar surface area (TPSA) is 60.4 Å². The number of sulfone groups is 1. The number of carbonyl (C=O) groups is 1. The van der Waals surface area contributed by atoms with Crippen LogP contribution < -0.4 is 0 Å². The van der Waals surface area contributed by atoms with Crippen LogP contribution in [0.5, 0.6) is 0 Å². The summed E-state index contributed by atoms with van der Waals surface area (Å²) in [5.41, 5.74) is 0. The number of rotatable bonds is 3. The number of thiophene rings is 1. The van der Waals surface area contributed by atoms with Crippen molar-refractivity contribution in [3.05, 3.63) is 22.4 Å². The number of hydrogen-bond donors (Lipinski definition) is 0. The lowest BCUT2D eigenvalue weighted by Crippen LogP contribution is -2.19. The highest BCUT2D eigenvalue weighted by Crippen LogP contribution is 2.28. The number of hydrogen-bond acceptors (Lipinski definition) is 5. The fraction of sp³-hybridized carbons (Fsp3) is 0.545. The standard InChI is InChI=1S/C11H14O4S2/c1-17(13,14)9-5-4-8(7-9)15-11(12)10-3-2-6-16-10/h2-3,6,8-9H,4-5,7H2,1H3/t8-,9-/m1/s1. The largest absolute Gasteiger partial charge is 0.458 e. The summed E-state index contributed by atoms with van der Waals surface area (Å²) in [4.78, 5) is 12.2. The van der Waals surface area contributed by atoms with Crippen molar-refractivity contribution < 1.29 is 17.9 Å². The zero-order valence-electron chi connectivity index (χ0n) is 9.46. The molecule has 1 aromatic heterocycles. The molecule has 0 aliphatic heterocycles. The van der Waals surface area contributed by atoms with E-state index < -0.39 is 9.84 Å². The van der Waals surface area contributed by atoms with E-state index in [0.717, 1.165) is 0 Å². The van der Waals surface area contributed by atoms with Crippen molar-refractivity contribution in [3.8, 4) is 0 Å². The minimum absolute atomic E-state index is 0.260. The zero-order valence-corrected chi connectivity index (χ0v) is 11.1. The Morgan fingerprint density at radius 2 is 2.24 bits per heavy atom. The number of esters is 1. The van der Waals surface area contributed by atoms with Crippen molar-refractivity contribution in [1.82, 2.24) is 0 Å². The Morgan fingerprint density at radius 1 is 1.47 bits per heavy atom. The molecular formula is C11H14O4S2. The predicted octanol–water partition coefficient (Wildman–Crippen LogP) is 1.87. The minimum atomic E-state index is -3.01. The smallest absolute Gasteiger partial charge is 0.348 e. The molecule has 17 heavy (non-hydrogen) atoms. The van der Waals surface area contributed by atoms with Crippen LogP contribution in [-0.2, 0) is 14.6 Å². The van der Waals surface area contributed by atoms with Crippen LogP contribution in [0.4, 0.5) is 0 Å². The number of ether oxygens (including phenoxy) is 1. The van der Waals surface area contributed by atoms with Gasteiger partial charge in [-0.05, 0) is 24.3 Å². The Bertz CT molecular complexity index is 490. The molecule has 1 heterocycles. The second-order valence-electron chi connectivity index (χ2n) is 4.27. The van der Waals surface area contributed by atoms with Crippen LogP contribution in [0.2, 0.25) is 0 Å². The van der Waals surface area contributed by atoms with Crippen LogP contribution in [-0.4, -0.2) is 32.0 Å². The molecule has 0 bridgehead atoms. The Kier molecular flexibility index (Phi) is 3.53. The van der Waals surface area contributed by atoms with Gasteiger partial charge in [-0.25, -0.2) is 13.2 Å². The Hall–Kier alpha value is -0.880. The quantitative estimate of drug-likeness (QED) is 0.789. The van der Waals surface area contributed by atoms with E-state index in [1.165, 1.54) is 17.6 Å². The van der Waals surface area contributed by atoms with Crippen LogP contribution in [0.3, 0.4) is 0 Å². The molecule has 2 rings (SSSR count). The van der Waals surface area contributed by atoms with Gasteiger partial charge in [0.05, 0.1) is 5.25 Å². The van der Waals surface area contributed by atoms with Crippen LogP contribution in [0, 0.1) is 0 Å². The third-order valence-corrected chi connectivity index (χ3v) is 5.43. The summed E-state index contributed by atoms with van der Waals surface area (Å²) in [7, 11) is -3.01. The molecule has 6 heteroatoms. The molecule has 0 unspecified atom stereocenters. The van der Waals surface area contributed by atoms with E-state index in [9.17, 15) is 13.2 Å². The van der Waals surface area contributed by atoms with Gasteiger partial charge >= 0.3 is 5.97 Å². The highest BCUT2D eigenvalue weighted by molar-refractivity contribution is 7.91. The average molecular weight is 274 g/mol. The van der Waals surface area contributed by atoms with Crippen molar-refractivity contribution in [2.75, 3.05) is 6.26 Å². The molecule has 4 nitrogen and oxygen atoms in total. The van der Waals surface area contributed by atoms with E-state index in [2.05, 4.69) is 0 Å². The Balaban J connectivity index is 1.93. The normalized spacial score (nSPS) is 24.8. The summed E-state index contributed by atoms with van der Waals surface area (Å²) < 4.78 is 28.0. The molecule has 1 fully saturated rings. The van der Waals surface area contributed by atoms with Gasteiger partial charge in [0.2, 0.25) is 0 Å². The van der Waals surface area contributed by atoms with Crippen molar-refractivity contribution in [1.29, 1.82) is 0 Å². The predicted molar refractivity (Wildman–Crippen MR) is 66.0 cm³/mol. The Labute approximate surface area is 105 Å². The Morgan fingerprint density at radius 3 is 2.76 bits per heavy atom. The van der Waals surface area contributed by atoms with Crippen LogP contribution in [0.15, 0.2) is 17.5 Å². The van der Waals surface area contributed by atoms with Gasteiger partial charge in [0.1, 0.15) is 20.8 Å². The maximum Gasteiger partial charge on any atom is 0.348 e. The second kappa shape index (κ2) is 4.78. The maximum atomic E-state index is 11.7. The van der Waals surface area contributed by atoms with Gasteiger partial charge in [0.25, 0.3) is 0 Å². The van der Waals surface area contributed by atoms with E-state index in [4.69, 9.17) is 4.74 Å². The second-order valence-corrected chi connectivity index (χ2v) is 7.54. The van der Waals surface area contributed by atoms with Gasteiger partial charge < -0.3 is 4.74 Å². The van der Waals surface area contributed by atoms with E-state index >= 15 is 0 Å². The minimum Gasteiger partial charge on any atom is -0.458 e. The molecule has 0 saturated heterocycles. The van der Waals surface area contributed by atoms with Crippen LogP contribution in [0.1, 0.15) is 28.9 Å². The van der Waals surface area contributed by atoms with E-state index in [-0.39, 0.29) is 17.3 Å². The lowest BCUT2D eigenvalue weighted by Gasteiger charge is -2.11. The lowest BCUT2D eigenvalue weighted by atomic mass is 10.3. The van der Waals surface area contributed by atoms with Crippen LogP contribution >= 0.6 is 11.3 Å². The highest BCUT2D eigenvalue weighted by Gasteiger charge is 2.33. The van der Waals surface area contributed by atoms with Gasteiger partial charge in [0, 0.05) is 12.7 Å². The van der Waals surface area contributed by atoms with Crippen LogP contribution in [0.25, 0.3) is 0 Å². The lowest BCUT2D eigenvalue weighted by molar-refractivity contribution is 0.0324. The molecule has 94 valence electrons. The maximum absolute atomic E-state index is 11.7. The summed E-state index contributed by atoms with van der Waals surface area (Å²) in [6.07, 6.45) is 2.62. The van der Waals surface area contributed by atoms with Gasteiger partial charge in [0.15, 0.2) is 0 Å². The molecule has 1 aromatic rings. The summed E-state index contributed by atoms with van der Waals surface area (Å²) in [5.74, 6) is -0.348. The summed E-state index contributed by atoms with van der Waals surface area (Å²) in [5, 5.41) is 1.45. The molecule has 0 spiro atoms. The molecule has 0 radical (unpaired) electrons. The van der Waals surface area contributed by atoms with Crippen molar-refractivity contribution in [2.45, 2.75) is 30.6 Å². The zero-order chi connectivity index (χ0) is 12.5. The van der Waals surface area contributed by atoms with Gasteiger partial charge in [-0.15, -0.1) is 11.3 Å². The molecule has 0 amide bonds. The monoisotopic (exact) mass is 274 g/mol. The molecule has 0 N–H and O–H groups in total. The van der Waals surface area contributed by atoms with Gasteiger partial charge in [-0.2, -0.15) is 0 Å². The van der Waals surface area contributed by atoms with Crippen molar-refractivity contribution in [2.24, 2.45) is 0 Å².